The average Bonchev–Trinajstić information content (AvgIpc) is 2.41. The van der Waals surface area contributed by atoms with Gasteiger partial charge in [-0.3, -0.25) is 15.6 Å². The lowest BCUT2D eigenvalue weighted by Crippen LogP contribution is -2.32. The monoisotopic (exact) mass is 318 g/mol. The Morgan fingerprint density at radius 2 is 1.45 bits per heavy atom. The van der Waals surface area contributed by atoms with Crippen molar-refractivity contribution in [3.8, 4) is 0 Å². The molecule has 2 rings (SSSR count). The number of thioether (sulfide) groups is 1. The third-order valence-corrected chi connectivity index (χ3v) is 3.44. The van der Waals surface area contributed by atoms with E-state index in [9.17, 15) is 4.79 Å². The lowest BCUT2D eigenvalue weighted by Gasteiger charge is -2.08. The second kappa shape index (κ2) is 7.17. The first-order chi connectivity index (χ1) is 10.4. The first kappa shape index (κ1) is 16.2. The molecule has 0 aliphatic rings. The van der Waals surface area contributed by atoms with Crippen molar-refractivity contribution in [1.82, 2.24) is 25.4 Å². The predicted octanol–water partition coefficient (Wildman–Crippen LogP) is 1.74. The summed E-state index contributed by atoms with van der Waals surface area (Å²) in [7, 11) is 0. The van der Waals surface area contributed by atoms with E-state index in [-0.39, 0.29) is 11.7 Å². The highest BCUT2D eigenvalue weighted by Gasteiger charge is 2.07. The van der Waals surface area contributed by atoms with Crippen LogP contribution in [0, 0.1) is 27.7 Å². The van der Waals surface area contributed by atoms with Crippen LogP contribution in [0.5, 0.6) is 0 Å². The minimum atomic E-state index is -0.199. The summed E-state index contributed by atoms with van der Waals surface area (Å²) in [6.07, 6.45) is 0. The Morgan fingerprint density at radius 1 is 0.955 bits per heavy atom. The Labute approximate surface area is 133 Å². The Bertz CT molecular complexity index is 593. The molecule has 0 atom stereocenters. The number of aromatic nitrogens is 4. The molecule has 0 saturated carbocycles. The maximum absolute atomic E-state index is 11.8. The summed E-state index contributed by atoms with van der Waals surface area (Å²) in [6.45, 7) is 7.54. The van der Waals surface area contributed by atoms with Gasteiger partial charge in [-0.1, -0.05) is 11.8 Å². The van der Waals surface area contributed by atoms with E-state index < -0.39 is 0 Å². The van der Waals surface area contributed by atoms with E-state index in [4.69, 9.17) is 0 Å². The van der Waals surface area contributed by atoms with Crippen molar-refractivity contribution in [2.24, 2.45) is 0 Å². The molecule has 0 saturated heterocycles. The lowest BCUT2D eigenvalue weighted by atomic mass is 10.4. The summed E-state index contributed by atoms with van der Waals surface area (Å²) in [6, 6.07) is 3.75. The molecule has 0 unspecified atom stereocenters. The molecule has 0 aromatic carbocycles. The Morgan fingerprint density at radius 3 is 2.00 bits per heavy atom. The molecule has 0 bridgehead atoms. The fraction of sp³-hybridized carbons (Fsp3) is 0.357. The third kappa shape index (κ3) is 4.96. The molecule has 0 radical (unpaired) electrons. The minimum Gasteiger partial charge on any atom is -0.272 e. The van der Waals surface area contributed by atoms with Gasteiger partial charge in [0.1, 0.15) is 0 Å². The van der Waals surface area contributed by atoms with Crippen LogP contribution in [0.4, 0.5) is 5.95 Å². The zero-order valence-electron chi connectivity index (χ0n) is 13.0. The molecular formula is C14H18N6OS. The van der Waals surface area contributed by atoms with Gasteiger partial charge in [-0.05, 0) is 39.8 Å². The third-order valence-electron chi connectivity index (χ3n) is 2.59. The predicted molar refractivity (Wildman–Crippen MR) is 85.5 cm³/mol. The van der Waals surface area contributed by atoms with Gasteiger partial charge in [-0.15, -0.1) is 0 Å². The van der Waals surface area contributed by atoms with Crippen molar-refractivity contribution in [2.45, 2.75) is 32.9 Å². The second-order valence-electron chi connectivity index (χ2n) is 4.87. The van der Waals surface area contributed by atoms with Crippen LogP contribution in [0.3, 0.4) is 0 Å². The number of carbonyl (C=O) groups is 1. The molecule has 2 N–H and O–H groups in total. The normalized spacial score (nSPS) is 10.4. The fourth-order valence-corrected chi connectivity index (χ4v) is 2.58. The van der Waals surface area contributed by atoms with Gasteiger partial charge in [0.15, 0.2) is 5.16 Å². The number of rotatable bonds is 5. The summed E-state index contributed by atoms with van der Waals surface area (Å²) in [5, 5.41) is 0.593. The van der Waals surface area contributed by atoms with E-state index in [0.29, 0.717) is 11.1 Å². The van der Waals surface area contributed by atoms with Crippen LogP contribution in [-0.2, 0) is 4.79 Å². The SMILES string of the molecule is Cc1cc(C)nc(NNC(=O)CSc2nc(C)cc(C)n2)n1. The molecule has 1 amide bonds. The maximum Gasteiger partial charge on any atom is 0.248 e. The second-order valence-corrected chi connectivity index (χ2v) is 5.81. The first-order valence-corrected chi connectivity index (χ1v) is 7.73. The summed E-state index contributed by atoms with van der Waals surface area (Å²) in [5.41, 5.74) is 8.72. The zero-order valence-corrected chi connectivity index (χ0v) is 13.8. The molecule has 116 valence electrons. The van der Waals surface area contributed by atoms with Crippen molar-refractivity contribution in [3.05, 3.63) is 34.9 Å². The largest absolute Gasteiger partial charge is 0.272 e. The Kier molecular flexibility index (Phi) is 5.26. The lowest BCUT2D eigenvalue weighted by molar-refractivity contribution is -0.118. The van der Waals surface area contributed by atoms with Crippen molar-refractivity contribution in [2.75, 3.05) is 11.2 Å². The molecule has 0 fully saturated rings. The standard InChI is InChI=1S/C14H18N6OS/c1-8-5-9(2)16-13(15-8)20-19-12(21)7-22-14-17-10(3)6-11(4)18-14/h5-6H,7H2,1-4H3,(H,19,21)(H,15,16,20). The van der Waals surface area contributed by atoms with Crippen molar-refractivity contribution >= 4 is 23.6 Å². The van der Waals surface area contributed by atoms with Crippen LogP contribution in [-0.4, -0.2) is 31.6 Å². The molecule has 22 heavy (non-hydrogen) atoms. The smallest absolute Gasteiger partial charge is 0.248 e. The summed E-state index contributed by atoms with van der Waals surface area (Å²) in [5.74, 6) is 0.384. The molecule has 8 heteroatoms. The van der Waals surface area contributed by atoms with E-state index in [0.717, 1.165) is 22.8 Å². The molecule has 2 heterocycles. The quantitative estimate of drug-likeness (QED) is 0.493. The topological polar surface area (TPSA) is 92.7 Å². The van der Waals surface area contributed by atoms with E-state index in [1.54, 1.807) is 0 Å². The molecule has 0 spiro atoms. The number of nitrogens with one attached hydrogen (secondary N) is 2. The number of hydrazine groups is 1. The van der Waals surface area contributed by atoms with Gasteiger partial charge in [0.05, 0.1) is 5.75 Å². The molecule has 2 aromatic rings. The van der Waals surface area contributed by atoms with Crippen LogP contribution >= 0.6 is 11.8 Å². The van der Waals surface area contributed by atoms with Crippen LogP contribution in [0.25, 0.3) is 0 Å². The zero-order chi connectivity index (χ0) is 16.1. The molecule has 0 aliphatic carbocycles. The van der Waals surface area contributed by atoms with Crippen LogP contribution in [0.2, 0.25) is 0 Å². The van der Waals surface area contributed by atoms with Crippen molar-refractivity contribution < 1.29 is 4.79 Å². The summed E-state index contributed by atoms with van der Waals surface area (Å²) in [4.78, 5) is 28.7. The molecule has 2 aromatic heterocycles. The Hall–Kier alpha value is -2.22. The van der Waals surface area contributed by atoms with Crippen LogP contribution < -0.4 is 10.9 Å². The van der Waals surface area contributed by atoms with E-state index >= 15 is 0 Å². The number of nitrogens with zero attached hydrogens (tertiary/aromatic N) is 4. The number of hydrogen-bond acceptors (Lipinski definition) is 7. The van der Waals surface area contributed by atoms with Gasteiger partial charge in [0, 0.05) is 22.8 Å². The number of aryl methyl sites for hydroxylation is 4. The molecule has 7 nitrogen and oxygen atoms in total. The van der Waals surface area contributed by atoms with Gasteiger partial charge in [0.2, 0.25) is 11.9 Å². The number of anilines is 1. The maximum atomic E-state index is 11.8. The highest BCUT2D eigenvalue weighted by Crippen LogP contribution is 2.13. The van der Waals surface area contributed by atoms with Gasteiger partial charge in [-0.2, -0.15) is 0 Å². The highest BCUT2D eigenvalue weighted by atomic mass is 32.2. The van der Waals surface area contributed by atoms with E-state index in [1.165, 1.54) is 11.8 Å². The van der Waals surface area contributed by atoms with Gasteiger partial charge in [-0.25, -0.2) is 19.9 Å². The number of carbonyl (C=O) groups excluding carboxylic acids is 1. The molecule has 0 aliphatic heterocycles. The molecular weight excluding hydrogens is 300 g/mol. The highest BCUT2D eigenvalue weighted by molar-refractivity contribution is 7.99. The van der Waals surface area contributed by atoms with E-state index in [1.807, 2.05) is 39.8 Å². The van der Waals surface area contributed by atoms with Crippen molar-refractivity contribution in [3.63, 3.8) is 0 Å². The summed E-state index contributed by atoms with van der Waals surface area (Å²) < 4.78 is 0. The van der Waals surface area contributed by atoms with Crippen LogP contribution in [0.1, 0.15) is 22.8 Å². The van der Waals surface area contributed by atoms with Gasteiger partial charge < -0.3 is 0 Å². The van der Waals surface area contributed by atoms with Crippen LogP contribution in [0.15, 0.2) is 17.3 Å². The number of amides is 1. The van der Waals surface area contributed by atoms with E-state index in [2.05, 4.69) is 30.8 Å². The van der Waals surface area contributed by atoms with Crippen molar-refractivity contribution in [1.29, 1.82) is 0 Å². The fourth-order valence-electron chi connectivity index (χ4n) is 1.83. The Balaban J connectivity index is 1.85. The van der Waals surface area contributed by atoms with Gasteiger partial charge >= 0.3 is 0 Å². The minimum absolute atomic E-state index is 0.199. The average molecular weight is 318 g/mol. The number of hydrogen-bond donors (Lipinski definition) is 2. The first-order valence-electron chi connectivity index (χ1n) is 6.74. The summed E-state index contributed by atoms with van der Waals surface area (Å²) >= 11 is 1.28. The van der Waals surface area contributed by atoms with Gasteiger partial charge in [0.25, 0.3) is 0 Å².